The SMILES string of the molecule is O=C(NCC1Cn2cccc2CN1Cc1ccccc1)c1n[nH]c2ccccc12. The maximum Gasteiger partial charge on any atom is 0.272 e. The van der Waals surface area contributed by atoms with Gasteiger partial charge >= 0.3 is 0 Å². The van der Waals surface area contributed by atoms with Crippen molar-refractivity contribution in [1.29, 1.82) is 0 Å². The molecule has 2 N–H and O–H groups in total. The van der Waals surface area contributed by atoms with E-state index in [0.29, 0.717) is 12.2 Å². The fourth-order valence-corrected chi connectivity index (χ4v) is 4.08. The van der Waals surface area contributed by atoms with Crippen LogP contribution >= 0.6 is 0 Å². The van der Waals surface area contributed by atoms with Crippen LogP contribution in [0.25, 0.3) is 10.9 Å². The Hall–Kier alpha value is -3.38. The Morgan fingerprint density at radius 3 is 2.79 bits per heavy atom. The lowest BCUT2D eigenvalue weighted by Crippen LogP contribution is -2.48. The molecule has 3 heterocycles. The number of hydrogen-bond acceptors (Lipinski definition) is 3. The second kappa shape index (κ2) is 7.56. The quantitative estimate of drug-likeness (QED) is 0.555. The standard InChI is InChI=1S/C23H23N5O/c29-23(22-20-10-4-5-11-21(20)25-26-22)24-13-19-16-27-12-6-9-18(27)15-28(19)14-17-7-2-1-3-8-17/h1-12,19H,13-16H2,(H,24,29)(H,25,26). The number of hydrogen-bond donors (Lipinski definition) is 2. The van der Waals surface area contributed by atoms with Crippen molar-refractivity contribution in [3.05, 3.63) is 89.9 Å². The van der Waals surface area contributed by atoms with Crippen molar-refractivity contribution in [3.8, 4) is 0 Å². The normalized spacial score (nSPS) is 16.6. The van der Waals surface area contributed by atoms with E-state index in [1.807, 2.05) is 30.3 Å². The predicted octanol–water partition coefficient (Wildman–Crippen LogP) is 3.18. The summed E-state index contributed by atoms with van der Waals surface area (Å²) in [5.41, 5.74) is 3.91. The molecule has 0 aliphatic carbocycles. The zero-order valence-corrected chi connectivity index (χ0v) is 16.1. The molecular formula is C23H23N5O. The zero-order valence-electron chi connectivity index (χ0n) is 16.1. The van der Waals surface area contributed by atoms with Crippen molar-refractivity contribution < 1.29 is 4.79 Å². The number of rotatable bonds is 5. The van der Waals surface area contributed by atoms with Crippen LogP contribution < -0.4 is 5.32 Å². The van der Waals surface area contributed by atoms with Crippen molar-refractivity contribution in [2.75, 3.05) is 6.54 Å². The van der Waals surface area contributed by atoms with Crippen LogP contribution in [0.5, 0.6) is 0 Å². The highest BCUT2D eigenvalue weighted by molar-refractivity contribution is 6.04. The lowest BCUT2D eigenvalue weighted by Gasteiger charge is -2.37. The summed E-state index contributed by atoms with van der Waals surface area (Å²) in [4.78, 5) is 15.2. The summed E-state index contributed by atoms with van der Waals surface area (Å²) in [5.74, 6) is -0.139. The zero-order chi connectivity index (χ0) is 19.6. The molecule has 6 heteroatoms. The number of H-pyrrole nitrogens is 1. The van der Waals surface area contributed by atoms with Crippen molar-refractivity contribution in [3.63, 3.8) is 0 Å². The van der Waals surface area contributed by atoms with E-state index in [9.17, 15) is 4.79 Å². The Bertz CT molecular complexity index is 1130. The van der Waals surface area contributed by atoms with Crippen LogP contribution in [0.15, 0.2) is 72.9 Å². The van der Waals surface area contributed by atoms with E-state index in [1.54, 1.807) is 0 Å². The van der Waals surface area contributed by atoms with E-state index >= 15 is 0 Å². The monoisotopic (exact) mass is 385 g/mol. The van der Waals surface area contributed by atoms with Crippen LogP contribution in [0.4, 0.5) is 0 Å². The summed E-state index contributed by atoms with van der Waals surface area (Å²) in [6.45, 7) is 3.16. The smallest absolute Gasteiger partial charge is 0.272 e. The average molecular weight is 385 g/mol. The average Bonchev–Trinajstić information content (AvgIpc) is 3.39. The van der Waals surface area contributed by atoms with Gasteiger partial charge in [-0.25, -0.2) is 0 Å². The largest absolute Gasteiger partial charge is 0.349 e. The summed E-state index contributed by atoms with van der Waals surface area (Å²) >= 11 is 0. The number of nitrogens with one attached hydrogen (secondary N) is 2. The molecule has 0 fully saturated rings. The maximum absolute atomic E-state index is 12.8. The highest BCUT2D eigenvalue weighted by Gasteiger charge is 2.26. The summed E-state index contributed by atoms with van der Waals surface area (Å²) in [5, 5.41) is 11.1. The van der Waals surface area contributed by atoms with Gasteiger partial charge in [-0.05, 0) is 23.8 Å². The highest BCUT2D eigenvalue weighted by Crippen LogP contribution is 2.21. The van der Waals surface area contributed by atoms with Gasteiger partial charge in [-0.15, -0.1) is 0 Å². The molecule has 2 aromatic heterocycles. The Labute approximate surface area is 169 Å². The predicted molar refractivity (Wildman–Crippen MR) is 112 cm³/mol. The first kappa shape index (κ1) is 17.7. The lowest BCUT2D eigenvalue weighted by molar-refractivity contribution is 0.0895. The first-order valence-corrected chi connectivity index (χ1v) is 9.91. The summed E-state index contributed by atoms with van der Waals surface area (Å²) in [6, 6.07) is 22.7. The van der Waals surface area contributed by atoms with Gasteiger partial charge in [-0.3, -0.25) is 14.8 Å². The number of para-hydroxylation sites is 1. The minimum atomic E-state index is -0.139. The van der Waals surface area contributed by atoms with Crippen LogP contribution in [-0.2, 0) is 19.6 Å². The molecule has 2 aromatic carbocycles. The van der Waals surface area contributed by atoms with Crippen molar-refractivity contribution in [1.82, 2.24) is 25.0 Å². The molecule has 1 aliphatic heterocycles. The highest BCUT2D eigenvalue weighted by atomic mass is 16.1. The molecule has 4 aromatic rings. The number of aromatic amines is 1. The van der Waals surface area contributed by atoms with E-state index < -0.39 is 0 Å². The number of carbonyl (C=O) groups excluding carboxylic acids is 1. The number of fused-ring (bicyclic) bond motifs is 2. The minimum absolute atomic E-state index is 0.139. The van der Waals surface area contributed by atoms with E-state index in [4.69, 9.17) is 0 Å². The third-order valence-corrected chi connectivity index (χ3v) is 5.62. The van der Waals surface area contributed by atoms with Crippen molar-refractivity contribution in [2.45, 2.75) is 25.7 Å². The Balaban J connectivity index is 1.33. The van der Waals surface area contributed by atoms with Gasteiger partial charge in [0.1, 0.15) is 0 Å². The van der Waals surface area contributed by atoms with Crippen LogP contribution in [0.2, 0.25) is 0 Å². The second-order valence-electron chi connectivity index (χ2n) is 7.52. The maximum atomic E-state index is 12.8. The van der Waals surface area contributed by atoms with Gasteiger partial charge in [0.2, 0.25) is 0 Å². The Morgan fingerprint density at radius 2 is 1.90 bits per heavy atom. The van der Waals surface area contributed by atoms with Crippen molar-refractivity contribution in [2.24, 2.45) is 0 Å². The third-order valence-electron chi connectivity index (χ3n) is 5.62. The van der Waals surface area contributed by atoms with Crippen LogP contribution in [0.3, 0.4) is 0 Å². The van der Waals surface area contributed by atoms with Gasteiger partial charge in [0.05, 0.1) is 5.52 Å². The topological polar surface area (TPSA) is 66.0 Å². The molecule has 5 rings (SSSR count). The summed E-state index contributed by atoms with van der Waals surface area (Å²) < 4.78 is 2.28. The number of carbonyl (C=O) groups is 1. The van der Waals surface area contributed by atoms with E-state index in [1.165, 1.54) is 11.3 Å². The first-order valence-electron chi connectivity index (χ1n) is 9.91. The molecule has 1 atom stereocenters. The van der Waals surface area contributed by atoms with Gasteiger partial charge in [-0.2, -0.15) is 5.10 Å². The molecule has 146 valence electrons. The van der Waals surface area contributed by atoms with Crippen LogP contribution in [-0.4, -0.2) is 38.2 Å². The fraction of sp³-hybridized carbons (Fsp3) is 0.217. The summed E-state index contributed by atoms with van der Waals surface area (Å²) in [6.07, 6.45) is 2.12. The van der Waals surface area contributed by atoms with E-state index in [-0.39, 0.29) is 11.9 Å². The molecule has 6 nitrogen and oxygen atoms in total. The molecule has 0 bridgehead atoms. The number of nitrogens with zero attached hydrogens (tertiary/aromatic N) is 3. The molecule has 0 radical (unpaired) electrons. The second-order valence-corrected chi connectivity index (χ2v) is 7.52. The lowest BCUT2D eigenvalue weighted by atomic mass is 10.1. The first-order chi connectivity index (χ1) is 14.3. The molecule has 1 amide bonds. The number of aromatic nitrogens is 3. The fourth-order valence-electron chi connectivity index (χ4n) is 4.08. The molecule has 0 spiro atoms. The molecule has 0 saturated heterocycles. The van der Waals surface area contributed by atoms with Gasteiger partial charge in [0.25, 0.3) is 5.91 Å². The van der Waals surface area contributed by atoms with E-state index in [2.05, 4.69) is 67.6 Å². The molecule has 1 aliphatic rings. The number of benzene rings is 2. The van der Waals surface area contributed by atoms with Gasteiger partial charge in [-0.1, -0.05) is 48.5 Å². The molecule has 1 unspecified atom stereocenters. The Morgan fingerprint density at radius 1 is 1.07 bits per heavy atom. The van der Waals surface area contributed by atoms with Gasteiger partial charge in [0, 0.05) is 49.5 Å². The van der Waals surface area contributed by atoms with Gasteiger partial charge < -0.3 is 9.88 Å². The molecule has 29 heavy (non-hydrogen) atoms. The minimum Gasteiger partial charge on any atom is -0.349 e. The van der Waals surface area contributed by atoms with Crippen LogP contribution in [0.1, 0.15) is 21.7 Å². The van der Waals surface area contributed by atoms with Gasteiger partial charge in [0.15, 0.2) is 5.69 Å². The Kier molecular flexibility index (Phi) is 4.62. The molecular weight excluding hydrogens is 362 g/mol. The van der Waals surface area contributed by atoms with Crippen LogP contribution in [0, 0.1) is 0 Å². The summed E-state index contributed by atoms with van der Waals surface area (Å²) in [7, 11) is 0. The third kappa shape index (κ3) is 3.54. The number of amides is 1. The van der Waals surface area contributed by atoms with E-state index in [0.717, 1.165) is 30.5 Å². The van der Waals surface area contributed by atoms with Crippen molar-refractivity contribution >= 4 is 16.8 Å². The molecule has 0 saturated carbocycles.